The Labute approximate surface area is 98.0 Å². The third-order valence-corrected chi connectivity index (χ3v) is 3.65. The van der Waals surface area contributed by atoms with Crippen molar-refractivity contribution in [1.82, 2.24) is 9.97 Å². The van der Waals surface area contributed by atoms with E-state index in [-0.39, 0.29) is 5.95 Å². The summed E-state index contributed by atoms with van der Waals surface area (Å²) in [5.41, 5.74) is 5.51. The molecule has 15 heavy (non-hydrogen) atoms. The van der Waals surface area contributed by atoms with Gasteiger partial charge in [-0.15, -0.1) is 0 Å². The topological polar surface area (TPSA) is 63.8 Å². The Morgan fingerprint density at radius 3 is 2.93 bits per heavy atom. The molecule has 2 rings (SSSR count). The molecule has 0 saturated carbocycles. The van der Waals surface area contributed by atoms with Gasteiger partial charge in [0.15, 0.2) is 5.82 Å². The van der Waals surface area contributed by atoms with Crippen LogP contribution in [0.15, 0.2) is 6.20 Å². The van der Waals surface area contributed by atoms with Crippen LogP contribution in [0.25, 0.3) is 0 Å². The van der Waals surface area contributed by atoms with Gasteiger partial charge in [0.1, 0.15) is 5.02 Å². The quantitative estimate of drug-likeness (QED) is 0.834. The predicted octanol–water partition coefficient (Wildman–Crippen LogP) is 2.02. The molecule has 2 heterocycles. The highest BCUT2D eigenvalue weighted by molar-refractivity contribution is 7.99. The number of nitrogens with two attached hydrogens (primary N) is 1. The summed E-state index contributed by atoms with van der Waals surface area (Å²) in [6, 6.07) is 0.457. The van der Waals surface area contributed by atoms with Gasteiger partial charge in [-0.2, -0.15) is 16.7 Å². The van der Waals surface area contributed by atoms with Crippen LogP contribution in [0.1, 0.15) is 12.8 Å². The van der Waals surface area contributed by atoms with Crippen molar-refractivity contribution in [3.63, 3.8) is 0 Å². The van der Waals surface area contributed by atoms with E-state index in [1.54, 1.807) is 0 Å². The van der Waals surface area contributed by atoms with E-state index in [1.165, 1.54) is 17.7 Å². The summed E-state index contributed by atoms with van der Waals surface area (Å²) in [5.74, 6) is 3.29. The molecule has 0 unspecified atom stereocenters. The van der Waals surface area contributed by atoms with Crippen LogP contribution in [0, 0.1) is 0 Å². The highest BCUT2D eigenvalue weighted by atomic mass is 35.5. The molecule has 1 aliphatic heterocycles. The summed E-state index contributed by atoms with van der Waals surface area (Å²) < 4.78 is 0. The van der Waals surface area contributed by atoms with E-state index in [0.717, 1.165) is 12.8 Å². The second-order valence-electron chi connectivity index (χ2n) is 3.46. The standard InChI is InChI=1S/C9H13ClN4S/c10-7-5-12-9(11)14-8(7)13-6-1-3-15-4-2-6/h5-6H,1-4H2,(H3,11,12,13,14). The van der Waals surface area contributed by atoms with Crippen LogP contribution < -0.4 is 11.1 Å². The highest BCUT2D eigenvalue weighted by Gasteiger charge is 2.15. The van der Waals surface area contributed by atoms with Crippen molar-refractivity contribution < 1.29 is 0 Å². The Bertz CT molecular complexity index is 341. The number of nitrogens with one attached hydrogen (secondary N) is 1. The first-order chi connectivity index (χ1) is 7.25. The molecular formula is C9H13ClN4S. The van der Waals surface area contributed by atoms with Crippen molar-refractivity contribution in [1.29, 1.82) is 0 Å². The van der Waals surface area contributed by atoms with Gasteiger partial charge in [0.05, 0.1) is 6.20 Å². The predicted molar refractivity (Wildman–Crippen MR) is 65.4 cm³/mol. The van der Waals surface area contributed by atoms with Gasteiger partial charge in [-0.05, 0) is 24.3 Å². The summed E-state index contributed by atoms with van der Waals surface area (Å²) >= 11 is 7.95. The Balaban J connectivity index is 2.05. The molecule has 0 aliphatic carbocycles. The highest BCUT2D eigenvalue weighted by Crippen LogP contribution is 2.24. The minimum Gasteiger partial charge on any atom is -0.368 e. The van der Waals surface area contributed by atoms with E-state index in [4.69, 9.17) is 17.3 Å². The van der Waals surface area contributed by atoms with Crippen LogP contribution in [-0.2, 0) is 0 Å². The molecule has 82 valence electrons. The van der Waals surface area contributed by atoms with Crippen LogP contribution in [0.2, 0.25) is 5.02 Å². The molecule has 0 spiro atoms. The van der Waals surface area contributed by atoms with Crippen molar-refractivity contribution in [3.05, 3.63) is 11.2 Å². The number of anilines is 2. The van der Waals surface area contributed by atoms with Gasteiger partial charge in [0.2, 0.25) is 5.95 Å². The average molecular weight is 245 g/mol. The van der Waals surface area contributed by atoms with Gasteiger partial charge in [-0.25, -0.2) is 4.98 Å². The van der Waals surface area contributed by atoms with Gasteiger partial charge >= 0.3 is 0 Å². The summed E-state index contributed by atoms with van der Waals surface area (Å²) in [4.78, 5) is 7.91. The molecule has 1 saturated heterocycles. The van der Waals surface area contributed by atoms with Gasteiger partial charge in [-0.3, -0.25) is 0 Å². The Morgan fingerprint density at radius 2 is 2.20 bits per heavy atom. The minimum absolute atomic E-state index is 0.257. The van der Waals surface area contributed by atoms with E-state index in [9.17, 15) is 0 Å². The first kappa shape index (κ1) is 10.8. The lowest BCUT2D eigenvalue weighted by atomic mass is 10.1. The van der Waals surface area contributed by atoms with Crippen molar-refractivity contribution in [2.75, 3.05) is 22.6 Å². The molecule has 0 aromatic carbocycles. The van der Waals surface area contributed by atoms with Gasteiger partial charge in [0.25, 0.3) is 0 Å². The van der Waals surface area contributed by atoms with Crippen LogP contribution in [0.4, 0.5) is 11.8 Å². The number of hydrogen-bond acceptors (Lipinski definition) is 5. The number of thioether (sulfide) groups is 1. The summed E-state index contributed by atoms with van der Waals surface area (Å²) in [7, 11) is 0. The van der Waals surface area contributed by atoms with Crippen molar-refractivity contribution in [2.45, 2.75) is 18.9 Å². The van der Waals surface area contributed by atoms with Crippen LogP contribution in [0.3, 0.4) is 0 Å². The number of hydrogen-bond donors (Lipinski definition) is 2. The molecule has 6 heteroatoms. The molecular weight excluding hydrogens is 232 g/mol. The lowest BCUT2D eigenvalue weighted by Gasteiger charge is -2.23. The zero-order chi connectivity index (χ0) is 10.7. The second kappa shape index (κ2) is 4.90. The maximum Gasteiger partial charge on any atom is 0.222 e. The minimum atomic E-state index is 0.257. The number of aromatic nitrogens is 2. The molecule has 1 fully saturated rings. The van der Waals surface area contributed by atoms with Crippen LogP contribution >= 0.6 is 23.4 Å². The summed E-state index contributed by atoms with van der Waals surface area (Å²) in [6.45, 7) is 0. The van der Waals surface area contributed by atoms with Crippen LogP contribution in [-0.4, -0.2) is 27.5 Å². The molecule has 0 atom stereocenters. The van der Waals surface area contributed by atoms with Gasteiger partial charge in [0, 0.05) is 6.04 Å². The van der Waals surface area contributed by atoms with Gasteiger partial charge in [-0.1, -0.05) is 11.6 Å². The van der Waals surface area contributed by atoms with Crippen molar-refractivity contribution >= 4 is 35.1 Å². The fourth-order valence-corrected chi connectivity index (χ4v) is 2.77. The van der Waals surface area contributed by atoms with E-state index >= 15 is 0 Å². The lowest BCUT2D eigenvalue weighted by molar-refractivity contribution is 0.663. The zero-order valence-corrected chi connectivity index (χ0v) is 9.81. The van der Waals surface area contributed by atoms with Gasteiger partial charge < -0.3 is 11.1 Å². The van der Waals surface area contributed by atoms with E-state index in [0.29, 0.717) is 16.9 Å². The molecule has 4 nitrogen and oxygen atoms in total. The molecule has 0 radical (unpaired) electrons. The smallest absolute Gasteiger partial charge is 0.222 e. The molecule has 3 N–H and O–H groups in total. The Hall–Kier alpha value is -0.680. The average Bonchev–Trinajstić information content (AvgIpc) is 2.25. The van der Waals surface area contributed by atoms with E-state index < -0.39 is 0 Å². The fourth-order valence-electron chi connectivity index (χ4n) is 1.52. The first-order valence-corrected chi connectivity index (χ1v) is 6.41. The second-order valence-corrected chi connectivity index (χ2v) is 5.09. The largest absolute Gasteiger partial charge is 0.368 e. The molecule has 0 bridgehead atoms. The van der Waals surface area contributed by atoms with Crippen molar-refractivity contribution in [2.24, 2.45) is 0 Å². The van der Waals surface area contributed by atoms with E-state index in [1.807, 2.05) is 11.8 Å². The third-order valence-electron chi connectivity index (χ3n) is 2.32. The number of halogens is 1. The monoisotopic (exact) mass is 244 g/mol. The Morgan fingerprint density at radius 1 is 1.47 bits per heavy atom. The molecule has 0 amide bonds. The summed E-state index contributed by atoms with van der Waals surface area (Å²) in [5, 5.41) is 3.84. The maximum absolute atomic E-state index is 5.97. The lowest BCUT2D eigenvalue weighted by Crippen LogP contribution is -2.25. The number of rotatable bonds is 2. The van der Waals surface area contributed by atoms with E-state index in [2.05, 4.69) is 15.3 Å². The zero-order valence-electron chi connectivity index (χ0n) is 8.24. The summed E-state index contributed by atoms with van der Waals surface area (Å²) in [6.07, 6.45) is 3.82. The maximum atomic E-state index is 5.97. The Kier molecular flexibility index (Phi) is 3.53. The molecule has 1 aromatic rings. The van der Waals surface area contributed by atoms with Crippen molar-refractivity contribution in [3.8, 4) is 0 Å². The SMILES string of the molecule is Nc1ncc(Cl)c(NC2CCSCC2)n1. The molecule has 1 aromatic heterocycles. The molecule has 1 aliphatic rings. The van der Waals surface area contributed by atoms with Crippen LogP contribution in [0.5, 0.6) is 0 Å². The first-order valence-electron chi connectivity index (χ1n) is 4.88. The third kappa shape index (κ3) is 2.89. The normalized spacial score (nSPS) is 17.7. The number of nitrogen functional groups attached to an aromatic ring is 1. The number of nitrogens with zero attached hydrogens (tertiary/aromatic N) is 2. The fraction of sp³-hybridized carbons (Fsp3) is 0.556.